The van der Waals surface area contributed by atoms with Gasteiger partial charge in [0.25, 0.3) is 0 Å². The normalized spacial score (nSPS) is 10.8. The number of H-pyrrole nitrogens is 1. The number of rotatable bonds is 5. The molecular formula is C20H18N4O3. The number of pyridine rings is 1. The van der Waals surface area contributed by atoms with Crippen LogP contribution in [0.3, 0.4) is 0 Å². The Morgan fingerprint density at radius 1 is 0.815 bits per heavy atom. The average molecular weight is 362 g/mol. The predicted octanol–water partition coefficient (Wildman–Crippen LogP) is 3.71. The van der Waals surface area contributed by atoms with E-state index in [0.29, 0.717) is 22.9 Å². The fourth-order valence-corrected chi connectivity index (χ4v) is 3.09. The number of nitrogens with zero attached hydrogens (tertiary/aromatic N) is 3. The summed E-state index contributed by atoms with van der Waals surface area (Å²) in [5.41, 5.74) is 3.26. The zero-order valence-corrected chi connectivity index (χ0v) is 15.2. The van der Waals surface area contributed by atoms with Crippen LogP contribution in [0.25, 0.3) is 33.3 Å². The molecule has 7 nitrogen and oxygen atoms in total. The summed E-state index contributed by atoms with van der Waals surface area (Å²) >= 11 is 0. The number of hydrogen-bond acceptors (Lipinski definition) is 6. The minimum Gasteiger partial charge on any atom is -0.493 e. The highest BCUT2D eigenvalue weighted by Crippen LogP contribution is 2.42. The Morgan fingerprint density at radius 3 is 2.30 bits per heavy atom. The van der Waals surface area contributed by atoms with E-state index in [-0.39, 0.29) is 0 Å². The lowest BCUT2D eigenvalue weighted by Gasteiger charge is -2.13. The third-order valence-corrected chi connectivity index (χ3v) is 4.42. The molecule has 136 valence electrons. The summed E-state index contributed by atoms with van der Waals surface area (Å²) in [6.07, 6.45) is 3.61. The lowest BCUT2D eigenvalue weighted by Crippen LogP contribution is -1.96. The van der Waals surface area contributed by atoms with Crippen LogP contribution in [0.2, 0.25) is 0 Å². The van der Waals surface area contributed by atoms with Crippen LogP contribution in [-0.4, -0.2) is 41.7 Å². The van der Waals surface area contributed by atoms with Crippen LogP contribution >= 0.6 is 0 Å². The van der Waals surface area contributed by atoms with Crippen molar-refractivity contribution >= 4 is 10.8 Å². The van der Waals surface area contributed by atoms with Crippen LogP contribution in [0.1, 0.15) is 0 Å². The quantitative estimate of drug-likeness (QED) is 0.583. The number of benzene rings is 2. The SMILES string of the molecule is COc1cc(-c2nn[nH]c2-c2ccc3ccncc3c2)cc(OC)c1OC. The molecule has 2 aromatic heterocycles. The highest BCUT2D eigenvalue weighted by Gasteiger charge is 2.18. The minimum atomic E-state index is 0.533. The smallest absolute Gasteiger partial charge is 0.203 e. The molecule has 1 N–H and O–H groups in total. The summed E-state index contributed by atoms with van der Waals surface area (Å²) in [6, 6.07) is 11.8. The molecule has 0 bridgehead atoms. The maximum atomic E-state index is 5.45. The standard InChI is InChI=1S/C20H18N4O3/c1-25-16-9-14(10-17(26-2)20(16)27-3)19-18(22-24-23-19)13-5-4-12-6-7-21-11-15(12)8-13/h4-11H,1-3H3,(H,22,23,24). The Balaban J connectivity index is 1.86. The zero-order valence-electron chi connectivity index (χ0n) is 15.2. The molecule has 0 aliphatic rings. The summed E-state index contributed by atoms with van der Waals surface area (Å²) in [5, 5.41) is 13.4. The van der Waals surface area contributed by atoms with Crippen molar-refractivity contribution in [2.45, 2.75) is 0 Å². The summed E-state index contributed by atoms with van der Waals surface area (Å²) < 4.78 is 16.3. The summed E-state index contributed by atoms with van der Waals surface area (Å²) in [4.78, 5) is 4.19. The Bertz CT molecular complexity index is 1080. The van der Waals surface area contributed by atoms with Gasteiger partial charge in [-0.05, 0) is 29.7 Å². The first-order valence-corrected chi connectivity index (χ1v) is 8.30. The molecule has 0 radical (unpaired) electrons. The van der Waals surface area contributed by atoms with Crippen LogP contribution in [0.5, 0.6) is 17.2 Å². The van der Waals surface area contributed by atoms with Crippen molar-refractivity contribution in [2.24, 2.45) is 0 Å². The van der Waals surface area contributed by atoms with Crippen molar-refractivity contribution < 1.29 is 14.2 Å². The first-order valence-electron chi connectivity index (χ1n) is 8.30. The zero-order chi connectivity index (χ0) is 18.8. The number of aromatic amines is 1. The third kappa shape index (κ3) is 2.93. The second kappa shape index (κ2) is 6.95. The van der Waals surface area contributed by atoms with Crippen LogP contribution in [0.4, 0.5) is 0 Å². The topological polar surface area (TPSA) is 82.2 Å². The predicted molar refractivity (Wildman–Crippen MR) is 102 cm³/mol. The van der Waals surface area contributed by atoms with Gasteiger partial charge < -0.3 is 14.2 Å². The Labute approximate surface area is 155 Å². The largest absolute Gasteiger partial charge is 0.493 e. The van der Waals surface area contributed by atoms with Gasteiger partial charge in [0.1, 0.15) is 5.69 Å². The Hall–Kier alpha value is -3.61. The molecule has 2 heterocycles. The Kier molecular flexibility index (Phi) is 4.33. The van der Waals surface area contributed by atoms with Crippen molar-refractivity contribution in [2.75, 3.05) is 21.3 Å². The van der Waals surface area contributed by atoms with Gasteiger partial charge in [0.15, 0.2) is 11.5 Å². The molecule has 0 saturated carbocycles. The van der Waals surface area contributed by atoms with Gasteiger partial charge in [-0.15, -0.1) is 5.10 Å². The van der Waals surface area contributed by atoms with Crippen molar-refractivity contribution in [1.82, 2.24) is 20.4 Å². The number of fused-ring (bicyclic) bond motifs is 1. The Morgan fingerprint density at radius 2 is 1.59 bits per heavy atom. The maximum Gasteiger partial charge on any atom is 0.203 e. The van der Waals surface area contributed by atoms with Crippen LogP contribution < -0.4 is 14.2 Å². The number of methoxy groups -OCH3 is 3. The lowest BCUT2D eigenvalue weighted by atomic mass is 10.0. The van der Waals surface area contributed by atoms with Gasteiger partial charge >= 0.3 is 0 Å². The monoisotopic (exact) mass is 362 g/mol. The highest BCUT2D eigenvalue weighted by molar-refractivity contribution is 5.89. The number of hydrogen-bond donors (Lipinski definition) is 1. The molecule has 2 aromatic carbocycles. The second-order valence-electron chi connectivity index (χ2n) is 5.89. The van der Waals surface area contributed by atoms with E-state index >= 15 is 0 Å². The first kappa shape index (κ1) is 16.8. The van der Waals surface area contributed by atoms with Gasteiger partial charge in [-0.25, -0.2) is 0 Å². The van der Waals surface area contributed by atoms with Crippen LogP contribution in [0, 0.1) is 0 Å². The van der Waals surface area contributed by atoms with E-state index in [0.717, 1.165) is 27.6 Å². The molecule has 4 aromatic rings. The summed E-state index contributed by atoms with van der Waals surface area (Å²) in [7, 11) is 4.74. The van der Waals surface area contributed by atoms with Gasteiger partial charge in [-0.3, -0.25) is 10.1 Å². The molecule has 0 aliphatic carbocycles. The van der Waals surface area contributed by atoms with E-state index in [4.69, 9.17) is 14.2 Å². The molecule has 27 heavy (non-hydrogen) atoms. The lowest BCUT2D eigenvalue weighted by molar-refractivity contribution is 0.324. The summed E-state index contributed by atoms with van der Waals surface area (Å²) in [5.74, 6) is 1.65. The fraction of sp³-hybridized carbons (Fsp3) is 0.150. The molecule has 0 unspecified atom stereocenters. The van der Waals surface area contributed by atoms with E-state index in [1.807, 2.05) is 36.5 Å². The summed E-state index contributed by atoms with van der Waals surface area (Å²) in [6.45, 7) is 0. The molecular weight excluding hydrogens is 344 g/mol. The van der Waals surface area contributed by atoms with E-state index in [2.05, 4.69) is 26.5 Å². The molecule has 0 fully saturated rings. The van der Waals surface area contributed by atoms with Gasteiger partial charge in [-0.2, -0.15) is 0 Å². The molecule has 0 amide bonds. The average Bonchev–Trinajstić information content (AvgIpc) is 3.22. The fourth-order valence-electron chi connectivity index (χ4n) is 3.09. The van der Waals surface area contributed by atoms with E-state index in [9.17, 15) is 0 Å². The molecule has 0 spiro atoms. The van der Waals surface area contributed by atoms with E-state index in [1.165, 1.54) is 0 Å². The van der Waals surface area contributed by atoms with Crippen LogP contribution in [0.15, 0.2) is 48.8 Å². The van der Waals surface area contributed by atoms with Crippen molar-refractivity contribution in [1.29, 1.82) is 0 Å². The van der Waals surface area contributed by atoms with E-state index < -0.39 is 0 Å². The molecule has 0 aliphatic heterocycles. The minimum absolute atomic E-state index is 0.533. The van der Waals surface area contributed by atoms with Gasteiger partial charge in [0.2, 0.25) is 5.75 Å². The van der Waals surface area contributed by atoms with Crippen molar-refractivity contribution in [3.8, 4) is 39.8 Å². The first-order chi connectivity index (χ1) is 13.2. The van der Waals surface area contributed by atoms with Crippen molar-refractivity contribution in [3.05, 3.63) is 48.8 Å². The van der Waals surface area contributed by atoms with Crippen LogP contribution in [-0.2, 0) is 0 Å². The second-order valence-corrected chi connectivity index (χ2v) is 5.89. The molecule has 0 saturated heterocycles. The van der Waals surface area contributed by atoms with Crippen molar-refractivity contribution in [3.63, 3.8) is 0 Å². The number of nitrogens with one attached hydrogen (secondary N) is 1. The number of aromatic nitrogens is 4. The number of ether oxygens (including phenoxy) is 3. The van der Waals surface area contributed by atoms with Gasteiger partial charge in [0.05, 0.1) is 27.0 Å². The molecule has 4 rings (SSSR count). The maximum absolute atomic E-state index is 5.45. The third-order valence-electron chi connectivity index (χ3n) is 4.42. The molecule has 7 heteroatoms. The van der Waals surface area contributed by atoms with E-state index in [1.54, 1.807) is 27.5 Å². The van der Waals surface area contributed by atoms with Gasteiger partial charge in [-0.1, -0.05) is 17.3 Å². The highest BCUT2D eigenvalue weighted by atomic mass is 16.5. The van der Waals surface area contributed by atoms with Gasteiger partial charge in [0, 0.05) is 28.9 Å². The molecule has 0 atom stereocenters.